The predicted molar refractivity (Wildman–Crippen MR) is 30.9 cm³/mol. The molecule has 54 valence electrons. The number of cyclic esters (lactones) is 2. The van der Waals surface area contributed by atoms with E-state index in [9.17, 15) is 9.59 Å². The number of esters is 2. The van der Waals surface area contributed by atoms with Crippen molar-refractivity contribution in [2.45, 2.75) is 12.0 Å². The summed E-state index contributed by atoms with van der Waals surface area (Å²) in [5.41, 5.74) is -1.78. The SMILES string of the molecule is C=CC1(O)CC(=O)OC1=O. The third-order valence-electron chi connectivity index (χ3n) is 1.31. The van der Waals surface area contributed by atoms with Crippen molar-refractivity contribution >= 4 is 11.9 Å². The molecule has 0 aromatic heterocycles. The van der Waals surface area contributed by atoms with Crippen LogP contribution in [0.3, 0.4) is 0 Å². The Bertz CT molecular complexity index is 208. The molecule has 1 aliphatic rings. The Morgan fingerprint density at radius 1 is 1.70 bits per heavy atom. The smallest absolute Gasteiger partial charge is 0.350 e. The highest BCUT2D eigenvalue weighted by Crippen LogP contribution is 2.21. The molecule has 1 N–H and O–H groups in total. The van der Waals surface area contributed by atoms with Gasteiger partial charge in [-0.2, -0.15) is 0 Å². The van der Waals surface area contributed by atoms with Gasteiger partial charge in [0.15, 0.2) is 5.60 Å². The van der Waals surface area contributed by atoms with Crippen LogP contribution in [-0.4, -0.2) is 22.6 Å². The van der Waals surface area contributed by atoms with E-state index in [4.69, 9.17) is 5.11 Å². The van der Waals surface area contributed by atoms with Gasteiger partial charge in [0.25, 0.3) is 0 Å². The maximum Gasteiger partial charge on any atom is 0.350 e. The van der Waals surface area contributed by atoms with Gasteiger partial charge in [-0.3, -0.25) is 4.79 Å². The number of rotatable bonds is 1. The first-order chi connectivity index (χ1) is 4.58. The van der Waals surface area contributed by atoms with Crippen LogP contribution in [0, 0.1) is 0 Å². The second-order valence-corrected chi connectivity index (χ2v) is 2.07. The van der Waals surface area contributed by atoms with Gasteiger partial charge < -0.3 is 9.84 Å². The van der Waals surface area contributed by atoms with Gasteiger partial charge in [0, 0.05) is 0 Å². The third kappa shape index (κ3) is 0.823. The molecule has 1 saturated heterocycles. The number of hydrogen-bond acceptors (Lipinski definition) is 4. The van der Waals surface area contributed by atoms with E-state index in [-0.39, 0.29) is 6.42 Å². The maximum absolute atomic E-state index is 10.6. The second kappa shape index (κ2) is 1.91. The molecule has 1 aliphatic heterocycles. The van der Waals surface area contributed by atoms with Crippen LogP contribution < -0.4 is 0 Å². The average Bonchev–Trinajstić information content (AvgIpc) is 2.09. The van der Waals surface area contributed by atoms with Crippen LogP contribution in [0.15, 0.2) is 12.7 Å². The average molecular weight is 142 g/mol. The first-order valence-corrected chi connectivity index (χ1v) is 2.69. The van der Waals surface area contributed by atoms with Gasteiger partial charge in [-0.25, -0.2) is 4.79 Å². The lowest BCUT2D eigenvalue weighted by Gasteiger charge is -2.07. The summed E-state index contributed by atoms with van der Waals surface area (Å²) in [6, 6.07) is 0. The molecule has 0 radical (unpaired) electrons. The van der Waals surface area contributed by atoms with Crippen molar-refractivity contribution in [1.29, 1.82) is 0 Å². The van der Waals surface area contributed by atoms with E-state index in [1.54, 1.807) is 0 Å². The zero-order valence-electron chi connectivity index (χ0n) is 5.16. The van der Waals surface area contributed by atoms with Crippen molar-refractivity contribution in [3.63, 3.8) is 0 Å². The highest BCUT2D eigenvalue weighted by molar-refractivity contribution is 6.00. The molecule has 0 aromatic rings. The van der Waals surface area contributed by atoms with Gasteiger partial charge in [0.1, 0.15) is 0 Å². The molecule has 1 heterocycles. The highest BCUT2D eigenvalue weighted by atomic mass is 16.6. The molecule has 0 amide bonds. The molecule has 0 spiro atoms. The molecule has 0 bridgehead atoms. The van der Waals surface area contributed by atoms with Gasteiger partial charge in [0.2, 0.25) is 0 Å². The maximum atomic E-state index is 10.6. The van der Waals surface area contributed by atoms with Gasteiger partial charge in [-0.1, -0.05) is 6.58 Å². The summed E-state index contributed by atoms with van der Waals surface area (Å²) >= 11 is 0. The molecule has 1 unspecified atom stereocenters. The minimum absolute atomic E-state index is 0.324. The molecule has 0 saturated carbocycles. The largest absolute Gasteiger partial charge is 0.391 e. The quantitative estimate of drug-likeness (QED) is 0.301. The van der Waals surface area contributed by atoms with E-state index in [2.05, 4.69) is 11.3 Å². The van der Waals surface area contributed by atoms with Crippen LogP contribution in [0.25, 0.3) is 0 Å². The van der Waals surface area contributed by atoms with Crippen molar-refractivity contribution in [1.82, 2.24) is 0 Å². The molecular weight excluding hydrogens is 136 g/mol. The Kier molecular flexibility index (Phi) is 1.33. The van der Waals surface area contributed by atoms with Gasteiger partial charge in [-0.05, 0) is 6.08 Å². The zero-order valence-corrected chi connectivity index (χ0v) is 5.16. The first kappa shape index (κ1) is 6.95. The van der Waals surface area contributed by atoms with Crippen LogP contribution in [0.4, 0.5) is 0 Å². The third-order valence-corrected chi connectivity index (χ3v) is 1.31. The number of carbonyl (C=O) groups excluding carboxylic acids is 2. The molecule has 1 fully saturated rings. The molecule has 0 aromatic carbocycles. The summed E-state index contributed by atoms with van der Waals surface area (Å²) in [6.07, 6.45) is 0.676. The fourth-order valence-corrected chi connectivity index (χ4v) is 0.676. The molecular formula is C6H6O4. The van der Waals surface area contributed by atoms with Crippen LogP contribution >= 0.6 is 0 Å². The van der Waals surface area contributed by atoms with E-state index in [0.717, 1.165) is 6.08 Å². The fraction of sp³-hybridized carbons (Fsp3) is 0.333. The minimum atomic E-state index is -1.78. The summed E-state index contributed by atoms with van der Waals surface area (Å²) in [7, 11) is 0. The van der Waals surface area contributed by atoms with Crippen molar-refractivity contribution in [3.05, 3.63) is 12.7 Å². The Labute approximate surface area is 57.1 Å². The van der Waals surface area contributed by atoms with Gasteiger partial charge in [-0.15, -0.1) is 0 Å². The number of carbonyl (C=O) groups is 2. The lowest BCUT2D eigenvalue weighted by atomic mass is 10.0. The number of hydrogen-bond donors (Lipinski definition) is 1. The van der Waals surface area contributed by atoms with Crippen molar-refractivity contribution < 1.29 is 19.4 Å². The summed E-state index contributed by atoms with van der Waals surface area (Å²) < 4.78 is 4.07. The number of ether oxygens (including phenoxy) is 1. The van der Waals surface area contributed by atoms with E-state index in [1.165, 1.54) is 0 Å². The Hall–Kier alpha value is -1.16. The normalized spacial score (nSPS) is 32.1. The van der Waals surface area contributed by atoms with Gasteiger partial charge in [0.05, 0.1) is 6.42 Å². The minimum Gasteiger partial charge on any atom is -0.391 e. The van der Waals surface area contributed by atoms with Crippen LogP contribution in [0.2, 0.25) is 0 Å². The standard InChI is InChI=1S/C6H6O4/c1-2-6(9)3-4(7)10-5(6)8/h2,9H,1,3H2. The fourth-order valence-electron chi connectivity index (χ4n) is 0.676. The summed E-state index contributed by atoms with van der Waals surface area (Å²) in [6.45, 7) is 3.20. The van der Waals surface area contributed by atoms with Gasteiger partial charge >= 0.3 is 11.9 Å². The lowest BCUT2D eigenvalue weighted by Crippen LogP contribution is -2.30. The topological polar surface area (TPSA) is 63.6 Å². The molecule has 0 aliphatic carbocycles. The molecule has 4 nitrogen and oxygen atoms in total. The molecule has 1 rings (SSSR count). The molecule has 10 heavy (non-hydrogen) atoms. The lowest BCUT2D eigenvalue weighted by molar-refractivity contribution is -0.156. The second-order valence-electron chi connectivity index (χ2n) is 2.07. The summed E-state index contributed by atoms with van der Waals surface area (Å²) in [4.78, 5) is 21.0. The first-order valence-electron chi connectivity index (χ1n) is 2.69. The van der Waals surface area contributed by atoms with Crippen LogP contribution in [0.5, 0.6) is 0 Å². The highest BCUT2D eigenvalue weighted by Gasteiger charge is 2.45. The van der Waals surface area contributed by atoms with Crippen LogP contribution in [-0.2, 0) is 14.3 Å². The number of aliphatic hydroxyl groups is 1. The van der Waals surface area contributed by atoms with E-state index in [0.29, 0.717) is 0 Å². The van der Waals surface area contributed by atoms with Crippen molar-refractivity contribution in [3.8, 4) is 0 Å². The Morgan fingerprint density at radius 3 is 2.50 bits per heavy atom. The van der Waals surface area contributed by atoms with E-state index < -0.39 is 17.5 Å². The Morgan fingerprint density at radius 2 is 2.30 bits per heavy atom. The zero-order chi connectivity index (χ0) is 7.78. The summed E-state index contributed by atoms with van der Waals surface area (Å²) in [5, 5.41) is 9.13. The Balaban J connectivity index is 2.90. The molecule has 1 atom stereocenters. The predicted octanol–water partition coefficient (Wildman–Crippen LogP) is -0.623. The van der Waals surface area contributed by atoms with E-state index >= 15 is 0 Å². The van der Waals surface area contributed by atoms with Crippen molar-refractivity contribution in [2.24, 2.45) is 0 Å². The van der Waals surface area contributed by atoms with E-state index in [1.807, 2.05) is 0 Å². The monoisotopic (exact) mass is 142 g/mol. The molecule has 4 heteroatoms. The van der Waals surface area contributed by atoms with Crippen LogP contribution in [0.1, 0.15) is 6.42 Å². The van der Waals surface area contributed by atoms with Crippen molar-refractivity contribution in [2.75, 3.05) is 0 Å². The summed E-state index contributed by atoms with van der Waals surface area (Å²) in [5.74, 6) is -1.65.